The van der Waals surface area contributed by atoms with Crippen molar-refractivity contribution in [2.75, 3.05) is 17.6 Å². The topological polar surface area (TPSA) is 81.2 Å². The molecule has 0 heterocycles. The van der Waals surface area contributed by atoms with Crippen LogP contribution in [0.4, 0.5) is 17.1 Å². The first-order valence-corrected chi connectivity index (χ1v) is 6.95. The second kappa shape index (κ2) is 6.41. The standard InChI is InChI=1S/C14H21N3O2/c15-12-8-3-9-13(14(12)17(18)19)16-10-4-7-11-5-1-2-6-11/h3,8-9,11,16H,1-2,4-7,10,15H2. The van der Waals surface area contributed by atoms with Crippen LogP contribution in [0.15, 0.2) is 18.2 Å². The van der Waals surface area contributed by atoms with Crippen LogP contribution < -0.4 is 11.1 Å². The van der Waals surface area contributed by atoms with Gasteiger partial charge in [0.25, 0.3) is 0 Å². The minimum atomic E-state index is -0.422. The zero-order chi connectivity index (χ0) is 13.7. The van der Waals surface area contributed by atoms with Gasteiger partial charge in [0.15, 0.2) is 0 Å². The molecule has 19 heavy (non-hydrogen) atoms. The highest BCUT2D eigenvalue weighted by Gasteiger charge is 2.18. The summed E-state index contributed by atoms with van der Waals surface area (Å²) in [6, 6.07) is 5.01. The molecule has 1 aliphatic carbocycles. The van der Waals surface area contributed by atoms with E-state index in [1.165, 1.54) is 32.1 Å². The molecule has 0 unspecified atom stereocenters. The summed E-state index contributed by atoms with van der Waals surface area (Å²) < 4.78 is 0. The summed E-state index contributed by atoms with van der Waals surface area (Å²) in [4.78, 5) is 10.5. The number of rotatable bonds is 6. The molecule has 1 aromatic rings. The Bertz CT molecular complexity index is 442. The lowest BCUT2D eigenvalue weighted by Gasteiger charge is -2.11. The molecule has 1 saturated carbocycles. The maximum atomic E-state index is 11.0. The van der Waals surface area contributed by atoms with Gasteiger partial charge in [-0.3, -0.25) is 10.1 Å². The first-order valence-electron chi connectivity index (χ1n) is 6.95. The Kier molecular flexibility index (Phi) is 4.60. The molecular weight excluding hydrogens is 242 g/mol. The monoisotopic (exact) mass is 263 g/mol. The third-order valence-electron chi connectivity index (χ3n) is 3.83. The van der Waals surface area contributed by atoms with Crippen molar-refractivity contribution in [3.8, 4) is 0 Å². The van der Waals surface area contributed by atoms with Gasteiger partial charge in [0.05, 0.1) is 4.92 Å². The lowest BCUT2D eigenvalue weighted by Crippen LogP contribution is -2.07. The summed E-state index contributed by atoms with van der Waals surface area (Å²) in [6.45, 7) is 0.765. The highest BCUT2D eigenvalue weighted by atomic mass is 16.6. The number of nitrogens with two attached hydrogens (primary N) is 1. The maximum absolute atomic E-state index is 11.0. The van der Waals surface area contributed by atoms with Crippen molar-refractivity contribution in [1.82, 2.24) is 0 Å². The van der Waals surface area contributed by atoms with Gasteiger partial charge < -0.3 is 11.1 Å². The highest BCUT2D eigenvalue weighted by Crippen LogP contribution is 2.31. The number of para-hydroxylation sites is 1. The van der Waals surface area contributed by atoms with Crippen LogP contribution in [0.1, 0.15) is 38.5 Å². The van der Waals surface area contributed by atoms with Crippen molar-refractivity contribution < 1.29 is 4.92 Å². The van der Waals surface area contributed by atoms with Crippen LogP contribution in [0, 0.1) is 16.0 Å². The van der Waals surface area contributed by atoms with Crippen molar-refractivity contribution >= 4 is 17.1 Å². The molecule has 0 amide bonds. The van der Waals surface area contributed by atoms with Gasteiger partial charge in [-0.25, -0.2) is 0 Å². The van der Waals surface area contributed by atoms with E-state index in [0.29, 0.717) is 5.69 Å². The van der Waals surface area contributed by atoms with Crippen molar-refractivity contribution in [3.63, 3.8) is 0 Å². The molecular formula is C14H21N3O2. The Labute approximate surface area is 113 Å². The molecule has 104 valence electrons. The summed E-state index contributed by atoms with van der Waals surface area (Å²) in [6.07, 6.45) is 7.67. The Morgan fingerprint density at radius 2 is 2.11 bits per heavy atom. The van der Waals surface area contributed by atoms with E-state index in [0.717, 1.165) is 18.9 Å². The number of nitrogens with one attached hydrogen (secondary N) is 1. The van der Waals surface area contributed by atoms with E-state index in [4.69, 9.17) is 5.73 Å². The third-order valence-corrected chi connectivity index (χ3v) is 3.83. The Morgan fingerprint density at radius 1 is 1.37 bits per heavy atom. The van der Waals surface area contributed by atoms with E-state index in [2.05, 4.69) is 5.32 Å². The van der Waals surface area contributed by atoms with Crippen molar-refractivity contribution in [1.29, 1.82) is 0 Å². The predicted octanol–water partition coefficient (Wildman–Crippen LogP) is 3.56. The van der Waals surface area contributed by atoms with E-state index >= 15 is 0 Å². The van der Waals surface area contributed by atoms with Crippen LogP contribution >= 0.6 is 0 Å². The maximum Gasteiger partial charge on any atom is 0.314 e. The van der Waals surface area contributed by atoms with Crippen molar-refractivity contribution in [2.45, 2.75) is 38.5 Å². The number of nitrogen functional groups attached to an aromatic ring is 1. The summed E-state index contributed by atoms with van der Waals surface area (Å²) >= 11 is 0. The first-order chi connectivity index (χ1) is 9.18. The number of nitro groups is 1. The Morgan fingerprint density at radius 3 is 2.79 bits per heavy atom. The smallest absolute Gasteiger partial charge is 0.314 e. The lowest BCUT2D eigenvalue weighted by atomic mass is 10.0. The van der Waals surface area contributed by atoms with Crippen LogP contribution in [0.2, 0.25) is 0 Å². The number of hydrogen-bond donors (Lipinski definition) is 2. The molecule has 0 atom stereocenters. The zero-order valence-corrected chi connectivity index (χ0v) is 11.1. The van der Waals surface area contributed by atoms with Gasteiger partial charge in [0.2, 0.25) is 0 Å². The summed E-state index contributed by atoms with van der Waals surface area (Å²) in [5.41, 5.74) is 6.37. The summed E-state index contributed by atoms with van der Waals surface area (Å²) in [5, 5.41) is 14.1. The Balaban J connectivity index is 1.85. The van der Waals surface area contributed by atoms with Gasteiger partial charge in [-0.05, 0) is 30.9 Å². The van der Waals surface area contributed by atoms with Gasteiger partial charge in [0, 0.05) is 6.54 Å². The molecule has 0 bridgehead atoms. The SMILES string of the molecule is Nc1cccc(NCCCC2CCCC2)c1[N+](=O)[O-]. The average molecular weight is 263 g/mol. The lowest BCUT2D eigenvalue weighted by molar-refractivity contribution is -0.383. The zero-order valence-electron chi connectivity index (χ0n) is 11.1. The number of anilines is 2. The highest BCUT2D eigenvalue weighted by molar-refractivity contribution is 5.74. The van der Waals surface area contributed by atoms with Gasteiger partial charge >= 0.3 is 5.69 Å². The largest absolute Gasteiger partial charge is 0.393 e. The van der Waals surface area contributed by atoms with E-state index in [-0.39, 0.29) is 11.4 Å². The second-order valence-corrected chi connectivity index (χ2v) is 5.22. The van der Waals surface area contributed by atoms with Gasteiger partial charge in [-0.2, -0.15) is 0 Å². The molecule has 0 radical (unpaired) electrons. The molecule has 0 aliphatic heterocycles. The van der Waals surface area contributed by atoms with Crippen LogP contribution in [-0.4, -0.2) is 11.5 Å². The van der Waals surface area contributed by atoms with Crippen LogP contribution in [-0.2, 0) is 0 Å². The molecule has 2 rings (SSSR count). The van der Waals surface area contributed by atoms with E-state index < -0.39 is 4.92 Å². The molecule has 1 fully saturated rings. The molecule has 1 aliphatic rings. The molecule has 3 N–H and O–H groups in total. The number of nitro benzene ring substituents is 1. The molecule has 5 nitrogen and oxygen atoms in total. The molecule has 5 heteroatoms. The van der Waals surface area contributed by atoms with Crippen molar-refractivity contribution in [3.05, 3.63) is 28.3 Å². The van der Waals surface area contributed by atoms with Gasteiger partial charge in [-0.15, -0.1) is 0 Å². The number of benzene rings is 1. The molecule has 0 aromatic heterocycles. The fourth-order valence-electron chi connectivity index (χ4n) is 2.82. The molecule has 0 spiro atoms. The van der Waals surface area contributed by atoms with Crippen molar-refractivity contribution in [2.24, 2.45) is 5.92 Å². The molecule has 1 aromatic carbocycles. The quantitative estimate of drug-likeness (QED) is 0.356. The van der Waals surface area contributed by atoms with Crippen LogP contribution in [0.25, 0.3) is 0 Å². The van der Waals surface area contributed by atoms with E-state index in [1.54, 1.807) is 18.2 Å². The van der Waals surface area contributed by atoms with Gasteiger partial charge in [-0.1, -0.05) is 31.7 Å². The summed E-state index contributed by atoms with van der Waals surface area (Å²) in [7, 11) is 0. The van der Waals surface area contributed by atoms with Crippen LogP contribution in [0.3, 0.4) is 0 Å². The fraction of sp³-hybridized carbons (Fsp3) is 0.571. The minimum absolute atomic E-state index is 0.0108. The van der Waals surface area contributed by atoms with Crippen LogP contribution in [0.5, 0.6) is 0 Å². The summed E-state index contributed by atoms with van der Waals surface area (Å²) in [5.74, 6) is 0.859. The predicted molar refractivity (Wildman–Crippen MR) is 77.2 cm³/mol. The van der Waals surface area contributed by atoms with Gasteiger partial charge in [0.1, 0.15) is 11.4 Å². The first kappa shape index (κ1) is 13.6. The van der Waals surface area contributed by atoms with E-state index in [1.807, 2.05) is 0 Å². The van der Waals surface area contributed by atoms with E-state index in [9.17, 15) is 10.1 Å². The normalized spacial score (nSPS) is 15.6. The minimum Gasteiger partial charge on any atom is -0.393 e. The fourth-order valence-corrected chi connectivity index (χ4v) is 2.82. The number of hydrogen-bond acceptors (Lipinski definition) is 4. The number of nitrogens with zero attached hydrogens (tertiary/aromatic N) is 1. The molecule has 0 saturated heterocycles. The Hall–Kier alpha value is -1.78. The average Bonchev–Trinajstić information content (AvgIpc) is 2.87. The third kappa shape index (κ3) is 3.59. The second-order valence-electron chi connectivity index (χ2n) is 5.22.